The third kappa shape index (κ3) is 3.20. The van der Waals surface area contributed by atoms with Gasteiger partial charge in [0.1, 0.15) is 0 Å². The molecule has 2 bridgehead atoms. The molecule has 1 aromatic heterocycles. The smallest absolute Gasteiger partial charge is 0.227 e. The van der Waals surface area contributed by atoms with E-state index in [1.54, 1.807) is 0 Å². The number of nitrogens with zero attached hydrogens (tertiary/aromatic N) is 3. The third-order valence-electron chi connectivity index (χ3n) is 4.80. The normalized spacial score (nSPS) is 30.6. The van der Waals surface area contributed by atoms with Crippen molar-refractivity contribution < 1.29 is 4.52 Å². The molecule has 0 radical (unpaired) electrons. The van der Waals surface area contributed by atoms with Gasteiger partial charge in [-0.2, -0.15) is 4.98 Å². The third-order valence-corrected chi connectivity index (χ3v) is 4.80. The summed E-state index contributed by atoms with van der Waals surface area (Å²) in [4.78, 5) is 6.84. The van der Waals surface area contributed by atoms with Gasteiger partial charge in [0.05, 0.1) is 0 Å². The Morgan fingerprint density at radius 2 is 2.15 bits per heavy atom. The molecule has 2 aliphatic heterocycles. The summed E-state index contributed by atoms with van der Waals surface area (Å²) in [5, 5.41) is 7.41. The molecule has 2 saturated heterocycles. The topological polar surface area (TPSA) is 54.2 Å². The van der Waals surface area contributed by atoms with Gasteiger partial charge in [0.25, 0.3) is 0 Å². The lowest BCUT2D eigenvalue weighted by Gasteiger charge is -2.49. The molecule has 0 amide bonds. The van der Waals surface area contributed by atoms with Crippen molar-refractivity contribution >= 4 is 0 Å². The molecule has 2 unspecified atom stereocenters. The molecule has 2 atom stereocenters. The van der Waals surface area contributed by atoms with Gasteiger partial charge in [0.2, 0.25) is 5.89 Å². The Bertz CT molecular complexity index is 381. The van der Waals surface area contributed by atoms with Crippen molar-refractivity contribution in [3.63, 3.8) is 0 Å². The number of fused-ring (bicyclic) bond motifs is 2. The molecule has 112 valence electrons. The molecule has 0 spiro atoms. The minimum absolute atomic E-state index is 0.727. The van der Waals surface area contributed by atoms with E-state index in [1.165, 1.54) is 44.9 Å². The van der Waals surface area contributed by atoms with Gasteiger partial charge in [-0.05, 0) is 38.6 Å². The molecule has 2 aliphatic rings. The Balaban J connectivity index is 1.55. The second-order valence-corrected chi connectivity index (χ2v) is 6.18. The minimum atomic E-state index is 0.727. The van der Waals surface area contributed by atoms with E-state index in [0.717, 1.165) is 43.5 Å². The number of hydrogen-bond acceptors (Lipinski definition) is 5. The standard InChI is InChI=1S/C15H26N4O/c1-2-7-16-12-9-13-4-3-5-14(10-12)19(13)8-6-15-17-11-18-20-15/h11-14,16H,2-10H2,1H3. The monoisotopic (exact) mass is 278 g/mol. The quantitative estimate of drug-likeness (QED) is 0.862. The molecule has 1 aromatic rings. The SMILES string of the molecule is CCCNC1CC2CCCC(C1)N2CCc1ncno1. The zero-order valence-electron chi connectivity index (χ0n) is 12.4. The van der Waals surface area contributed by atoms with Crippen molar-refractivity contribution in [3.05, 3.63) is 12.2 Å². The van der Waals surface area contributed by atoms with E-state index in [4.69, 9.17) is 4.52 Å². The highest BCUT2D eigenvalue weighted by molar-refractivity contribution is 4.95. The first-order valence-electron chi connectivity index (χ1n) is 8.11. The number of nitrogens with one attached hydrogen (secondary N) is 1. The molecule has 0 aromatic carbocycles. The number of rotatable bonds is 6. The van der Waals surface area contributed by atoms with E-state index in [1.807, 2.05) is 0 Å². The highest BCUT2D eigenvalue weighted by Gasteiger charge is 2.37. The van der Waals surface area contributed by atoms with Crippen LogP contribution in [0, 0.1) is 0 Å². The number of hydrogen-bond donors (Lipinski definition) is 1. The van der Waals surface area contributed by atoms with Crippen LogP contribution in [-0.4, -0.2) is 46.3 Å². The molecule has 20 heavy (non-hydrogen) atoms. The average molecular weight is 278 g/mol. The Hall–Kier alpha value is -0.940. The lowest BCUT2D eigenvalue weighted by atomic mass is 9.81. The van der Waals surface area contributed by atoms with E-state index in [0.29, 0.717) is 0 Å². The van der Waals surface area contributed by atoms with Crippen molar-refractivity contribution in [2.24, 2.45) is 0 Å². The van der Waals surface area contributed by atoms with Crippen LogP contribution in [0.25, 0.3) is 0 Å². The molecule has 3 rings (SSSR count). The molecule has 2 fully saturated rings. The van der Waals surface area contributed by atoms with Crippen molar-refractivity contribution in [2.75, 3.05) is 13.1 Å². The zero-order valence-corrected chi connectivity index (χ0v) is 12.4. The fourth-order valence-corrected chi connectivity index (χ4v) is 3.89. The van der Waals surface area contributed by atoms with Crippen LogP contribution in [-0.2, 0) is 6.42 Å². The van der Waals surface area contributed by atoms with E-state index < -0.39 is 0 Å². The highest BCUT2D eigenvalue weighted by Crippen LogP contribution is 2.34. The van der Waals surface area contributed by atoms with Gasteiger partial charge in [-0.3, -0.25) is 4.90 Å². The Morgan fingerprint density at radius 1 is 1.35 bits per heavy atom. The van der Waals surface area contributed by atoms with Crippen LogP contribution >= 0.6 is 0 Å². The van der Waals surface area contributed by atoms with Crippen LogP contribution in [0.5, 0.6) is 0 Å². The predicted octanol–water partition coefficient (Wildman–Crippen LogP) is 2.00. The van der Waals surface area contributed by atoms with Crippen LogP contribution in [0.2, 0.25) is 0 Å². The molecular formula is C15H26N4O. The summed E-state index contributed by atoms with van der Waals surface area (Å²) in [6, 6.07) is 2.23. The minimum Gasteiger partial charge on any atom is -0.340 e. The molecule has 0 aliphatic carbocycles. The second kappa shape index (κ2) is 6.68. The number of piperidine rings is 2. The fraction of sp³-hybridized carbons (Fsp3) is 0.867. The zero-order chi connectivity index (χ0) is 13.8. The van der Waals surface area contributed by atoms with Crippen molar-refractivity contribution in [1.82, 2.24) is 20.4 Å². The summed E-state index contributed by atoms with van der Waals surface area (Å²) >= 11 is 0. The maximum absolute atomic E-state index is 5.12. The molecule has 0 saturated carbocycles. The largest absolute Gasteiger partial charge is 0.340 e. The summed E-state index contributed by atoms with van der Waals surface area (Å²) in [6.07, 6.45) is 10.3. The van der Waals surface area contributed by atoms with Gasteiger partial charge < -0.3 is 9.84 Å². The maximum atomic E-state index is 5.12. The van der Waals surface area contributed by atoms with Gasteiger partial charge >= 0.3 is 0 Å². The summed E-state index contributed by atoms with van der Waals surface area (Å²) in [7, 11) is 0. The van der Waals surface area contributed by atoms with E-state index in [2.05, 4.69) is 27.3 Å². The fourth-order valence-electron chi connectivity index (χ4n) is 3.89. The summed E-state index contributed by atoms with van der Waals surface area (Å²) in [5.41, 5.74) is 0. The first kappa shape index (κ1) is 14.0. The molecule has 1 N–H and O–H groups in total. The van der Waals surface area contributed by atoms with Crippen LogP contribution in [0.1, 0.15) is 51.3 Å². The summed E-state index contributed by atoms with van der Waals surface area (Å²) < 4.78 is 5.12. The maximum Gasteiger partial charge on any atom is 0.227 e. The van der Waals surface area contributed by atoms with Crippen LogP contribution in [0.15, 0.2) is 10.9 Å². The number of aromatic nitrogens is 2. The van der Waals surface area contributed by atoms with Crippen molar-refractivity contribution in [2.45, 2.75) is 70.0 Å². The van der Waals surface area contributed by atoms with E-state index in [-0.39, 0.29) is 0 Å². The molecule has 5 nitrogen and oxygen atoms in total. The molecule has 3 heterocycles. The second-order valence-electron chi connectivity index (χ2n) is 6.18. The van der Waals surface area contributed by atoms with Gasteiger partial charge in [-0.15, -0.1) is 0 Å². The summed E-state index contributed by atoms with van der Waals surface area (Å²) in [5.74, 6) is 0.773. The van der Waals surface area contributed by atoms with Crippen molar-refractivity contribution in [1.29, 1.82) is 0 Å². The van der Waals surface area contributed by atoms with Crippen LogP contribution < -0.4 is 5.32 Å². The van der Waals surface area contributed by atoms with Crippen LogP contribution in [0.3, 0.4) is 0 Å². The van der Waals surface area contributed by atoms with Crippen LogP contribution in [0.4, 0.5) is 0 Å². The average Bonchev–Trinajstić information content (AvgIpc) is 2.95. The van der Waals surface area contributed by atoms with Gasteiger partial charge in [-0.25, -0.2) is 0 Å². The van der Waals surface area contributed by atoms with Crippen molar-refractivity contribution in [3.8, 4) is 0 Å². The summed E-state index contributed by atoms with van der Waals surface area (Å²) in [6.45, 7) is 4.47. The lowest BCUT2D eigenvalue weighted by Crippen LogP contribution is -2.56. The Labute approximate surface area is 121 Å². The van der Waals surface area contributed by atoms with Gasteiger partial charge in [0.15, 0.2) is 6.33 Å². The first-order valence-corrected chi connectivity index (χ1v) is 8.11. The Kier molecular flexibility index (Phi) is 4.68. The predicted molar refractivity (Wildman–Crippen MR) is 77.5 cm³/mol. The van der Waals surface area contributed by atoms with Gasteiger partial charge in [0, 0.05) is 31.1 Å². The lowest BCUT2D eigenvalue weighted by molar-refractivity contribution is 0.0242. The van der Waals surface area contributed by atoms with Gasteiger partial charge in [-0.1, -0.05) is 18.5 Å². The van der Waals surface area contributed by atoms with E-state index in [9.17, 15) is 0 Å². The van der Waals surface area contributed by atoms with E-state index >= 15 is 0 Å². The highest BCUT2D eigenvalue weighted by atomic mass is 16.5. The Morgan fingerprint density at radius 3 is 2.80 bits per heavy atom. The molecular weight excluding hydrogens is 252 g/mol. The molecule has 5 heteroatoms. The first-order chi connectivity index (χ1) is 9.86.